The van der Waals surface area contributed by atoms with Crippen LogP contribution in [0.25, 0.3) is 0 Å². The molecule has 35 heavy (non-hydrogen) atoms. The van der Waals surface area contributed by atoms with E-state index in [1.165, 1.54) is 30.0 Å². The summed E-state index contributed by atoms with van der Waals surface area (Å²) in [6.45, 7) is 13.5. The van der Waals surface area contributed by atoms with Gasteiger partial charge in [0, 0.05) is 0 Å². The predicted molar refractivity (Wildman–Crippen MR) is 147 cm³/mol. The van der Waals surface area contributed by atoms with Crippen LogP contribution in [0.2, 0.25) is 5.02 Å². The summed E-state index contributed by atoms with van der Waals surface area (Å²) in [6.07, 6.45) is 5.56. The number of hydrogen-bond acceptors (Lipinski definition) is 1. The van der Waals surface area contributed by atoms with Gasteiger partial charge in [0.2, 0.25) is 0 Å². The second kappa shape index (κ2) is 10.4. The Morgan fingerprint density at radius 1 is 0.771 bits per heavy atom. The molecule has 1 aliphatic carbocycles. The van der Waals surface area contributed by atoms with Crippen molar-refractivity contribution in [3.8, 4) is 5.75 Å². The Bertz CT molecular complexity index is 1250. The molecular formula is C32H35ClOTi. The first-order valence-corrected chi connectivity index (χ1v) is 14.9. The molecule has 0 saturated heterocycles. The first-order chi connectivity index (χ1) is 16.5. The molecule has 0 spiro atoms. The molecule has 4 rings (SSSR count). The molecule has 3 aromatic rings. The van der Waals surface area contributed by atoms with Crippen LogP contribution in [0.3, 0.4) is 0 Å². The maximum atomic E-state index is 7.16. The van der Waals surface area contributed by atoms with Crippen molar-refractivity contribution in [1.29, 1.82) is 0 Å². The zero-order valence-corrected chi connectivity index (χ0v) is 24.0. The fourth-order valence-corrected chi connectivity index (χ4v) is 9.01. The van der Waals surface area contributed by atoms with Gasteiger partial charge in [-0.1, -0.05) is 0 Å². The Labute approximate surface area is 222 Å². The van der Waals surface area contributed by atoms with Crippen molar-refractivity contribution < 1.29 is 21.1 Å². The van der Waals surface area contributed by atoms with Crippen molar-refractivity contribution in [2.24, 2.45) is 5.41 Å². The van der Waals surface area contributed by atoms with Gasteiger partial charge in [0.1, 0.15) is 0 Å². The van der Waals surface area contributed by atoms with Crippen molar-refractivity contribution in [2.75, 3.05) is 0 Å². The normalized spacial score (nSPS) is 13.8. The Balaban J connectivity index is 2.02. The molecule has 0 aliphatic heterocycles. The summed E-state index contributed by atoms with van der Waals surface area (Å²) in [7, 11) is 0. The molecule has 0 saturated carbocycles. The van der Waals surface area contributed by atoms with E-state index >= 15 is 0 Å². The molecule has 0 N–H and O–H groups in total. The third kappa shape index (κ3) is 6.15. The van der Waals surface area contributed by atoms with Crippen LogP contribution in [0.1, 0.15) is 64.7 Å². The molecule has 0 unspecified atom stereocenters. The average molecular weight is 519 g/mol. The van der Waals surface area contributed by atoms with E-state index in [-0.39, 0.29) is 10.8 Å². The van der Waals surface area contributed by atoms with Crippen molar-refractivity contribution in [2.45, 2.75) is 53.4 Å². The molecule has 3 aromatic carbocycles. The monoisotopic (exact) mass is 518 g/mol. The van der Waals surface area contributed by atoms with E-state index in [1.54, 1.807) is 0 Å². The standard InChI is InChI=1S/C13H10.C10H13ClO.C9H13.Ti/c1-3-7-12(8-4-1)11-13-9-5-2-6-10-13;1-10(2,3)7-4-8(11)6-9(12)5-7;1-9(2,3)8-6-4-5-7-8;/h1-10H;4-6,12H,1-3H3;4,6H,5H2,1-3H3;/q;;;+1/p-1. The molecule has 180 valence electrons. The van der Waals surface area contributed by atoms with Crippen LogP contribution < -0.4 is 3.32 Å². The van der Waals surface area contributed by atoms with Crippen LogP contribution in [0.4, 0.5) is 0 Å². The number of allylic oxidation sites excluding steroid dienone is 4. The molecule has 0 amide bonds. The second-order valence-electron chi connectivity index (χ2n) is 11.2. The van der Waals surface area contributed by atoms with Crippen molar-refractivity contribution in [1.82, 2.24) is 0 Å². The Morgan fingerprint density at radius 2 is 1.34 bits per heavy atom. The van der Waals surface area contributed by atoms with Gasteiger partial charge in [-0.15, -0.1) is 0 Å². The van der Waals surface area contributed by atoms with Gasteiger partial charge in [-0.05, 0) is 0 Å². The van der Waals surface area contributed by atoms with Gasteiger partial charge in [0.25, 0.3) is 0 Å². The zero-order chi connectivity index (χ0) is 25.2. The predicted octanol–water partition coefficient (Wildman–Crippen LogP) is 9.08. The van der Waals surface area contributed by atoms with Gasteiger partial charge in [0.05, 0.1) is 0 Å². The minimum atomic E-state index is -2.54. The summed E-state index contributed by atoms with van der Waals surface area (Å²) < 4.78 is 9.97. The quantitative estimate of drug-likeness (QED) is 0.306. The number of halogens is 1. The SMILES string of the molecule is CC(C)(C)C1=[C]([Ti]([O]c2cc(Cl)cc(C(C)(C)C)c2)=[C](c2ccccc2)c2ccccc2)CC=C1. The van der Waals surface area contributed by atoms with Gasteiger partial charge >= 0.3 is 223 Å². The van der Waals surface area contributed by atoms with Crippen LogP contribution >= 0.6 is 11.6 Å². The van der Waals surface area contributed by atoms with E-state index in [2.05, 4.69) is 126 Å². The maximum absolute atomic E-state index is 7.16. The van der Waals surface area contributed by atoms with Crippen molar-refractivity contribution in [3.05, 3.63) is 122 Å². The van der Waals surface area contributed by atoms with Crippen LogP contribution in [0.15, 0.2) is 100 Å². The van der Waals surface area contributed by atoms with E-state index in [0.29, 0.717) is 0 Å². The summed E-state index contributed by atoms with van der Waals surface area (Å²) in [5, 5.41) is 0.723. The Hall–Kier alpha value is -2.19. The molecule has 0 aromatic heterocycles. The van der Waals surface area contributed by atoms with Crippen LogP contribution in [0.5, 0.6) is 5.75 Å². The van der Waals surface area contributed by atoms with E-state index in [4.69, 9.17) is 14.9 Å². The molecule has 3 heteroatoms. The van der Waals surface area contributed by atoms with Gasteiger partial charge in [-0.3, -0.25) is 0 Å². The zero-order valence-electron chi connectivity index (χ0n) is 21.7. The topological polar surface area (TPSA) is 9.23 Å². The molecular weight excluding hydrogens is 484 g/mol. The number of hydrogen-bond donors (Lipinski definition) is 0. The number of benzene rings is 3. The second-order valence-corrected chi connectivity index (χ2v) is 14.7. The molecule has 1 nitrogen and oxygen atoms in total. The van der Waals surface area contributed by atoms with Crippen molar-refractivity contribution >= 4 is 15.4 Å². The van der Waals surface area contributed by atoms with E-state index in [1.807, 2.05) is 6.07 Å². The summed E-state index contributed by atoms with van der Waals surface area (Å²) in [5.41, 5.74) is 5.11. The van der Waals surface area contributed by atoms with Crippen LogP contribution in [-0.4, -0.2) is 3.81 Å². The molecule has 0 fully saturated rings. The minimum absolute atomic E-state index is 0.0146. The van der Waals surface area contributed by atoms with Crippen LogP contribution in [-0.2, 0) is 23.2 Å². The summed E-state index contributed by atoms with van der Waals surface area (Å²) in [4.78, 5) is 0. The first kappa shape index (κ1) is 25.9. The average Bonchev–Trinajstić information content (AvgIpc) is 3.30. The van der Waals surface area contributed by atoms with Crippen molar-refractivity contribution in [3.63, 3.8) is 0 Å². The molecule has 0 bridgehead atoms. The van der Waals surface area contributed by atoms with Gasteiger partial charge in [-0.25, -0.2) is 0 Å². The molecule has 1 aliphatic rings. The summed E-state index contributed by atoms with van der Waals surface area (Å²) in [5.74, 6) is 0.870. The fraction of sp³-hybridized carbons (Fsp3) is 0.281. The van der Waals surface area contributed by atoms with Gasteiger partial charge in [-0.2, -0.15) is 0 Å². The van der Waals surface area contributed by atoms with Gasteiger partial charge in [0.15, 0.2) is 0 Å². The first-order valence-electron chi connectivity index (χ1n) is 12.3. The van der Waals surface area contributed by atoms with E-state index in [0.717, 1.165) is 17.2 Å². The molecule has 0 heterocycles. The Morgan fingerprint density at radius 3 is 1.86 bits per heavy atom. The molecule has 0 radical (unpaired) electrons. The third-order valence-corrected chi connectivity index (χ3v) is 10.4. The summed E-state index contributed by atoms with van der Waals surface area (Å²) >= 11 is 4.08. The Kier molecular flexibility index (Phi) is 7.72. The van der Waals surface area contributed by atoms with E-state index < -0.39 is 17.8 Å². The van der Waals surface area contributed by atoms with Crippen LogP contribution in [0, 0.1) is 5.41 Å². The number of rotatable bonds is 5. The fourth-order valence-electron chi connectivity index (χ4n) is 4.50. The molecule has 0 atom stereocenters. The summed E-state index contributed by atoms with van der Waals surface area (Å²) in [6, 6.07) is 27.8. The van der Waals surface area contributed by atoms with E-state index in [9.17, 15) is 0 Å². The van der Waals surface area contributed by atoms with Gasteiger partial charge < -0.3 is 0 Å². The third-order valence-electron chi connectivity index (χ3n) is 6.32.